The predicted octanol–water partition coefficient (Wildman–Crippen LogP) is 4.94. The largest absolute Gasteiger partial charge is 0.334 e. The fourth-order valence-electron chi connectivity index (χ4n) is 3.12. The number of hydrogen-bond donors (Lipinski definition) is 3. The zero-order valence-corrected chi connectivity index (χ0v) is 17.8. The number of nitrogens with zero attached hydrogens (tertiary/aromatic N) is 2. The van der Waals surface area contributed by atoms with Gasteiger partial charge in [-0.2, -0.15) is 0 Å². The van der Waals surface area contributed by atoms with Crippen molar-refractivity contribution in [3.63, 3.8) is 0 Å². The molecule has 0 spiro atoms. The van der Waals surface area contributed by atoms with Gasteiger partial charge in [-0.3, -0.25) is 15.3 Å². The van der Waals surface area contributed by atoms with E-state index in [1.54, 1.807) is 0 Å². The Bertz CT molecular complexity index is 379. The summed E-state index contributed by atoms with van der Waals surface area (Å²) >= 11 is 0. The molecule has 0 aromatic rings. The highest BCUT2D eigenvalue weighted by Crippen LogP contribution is 2.07. The van der Waals surface area contributed by atoms with Crippen LogP contribution in [0.2, 0.25) is 0 Å². The summed E-state index contributed by atoms with van der Waals surface area (Å²) in [4.78, 5) is 9.40. The molecule has 0 aromatic heterocycles. The molecule has 0 aliphatic carbocycles. The Morgan fingerprint density at radius 3 is 1.42 bits per heavy atom. The number of rotatable bonds is 14. The first-order valence-corrected chi connectivity index (χ1v) is 11.0. The van der Waals surface area contributed by atoms with Crippen molar-refractivity contribution >= 4 is 11.9 Å². The molecule has 0 amide bonds. The van der Waals surface area contributed by atoms with Gasteiger partial charge in [0.15, 0.2) is 11.9 Å². The van der Waals surface area contributed by atoms with Crippen molar-refractivity contribution in [1.29, 1.82) is 0 Å². The molecule has 0 unspecified atom stereocenters. The van der Waals surface area contributed by atoms with Crippen LogP contribution in [0, 0.1) is 0 Å². The Morgan fingerprint density at radius 1 is 0.615 bits per heavy atom. The molecule has 5 nitrogen and oxygen atoms in total. The topological polar surface area (TPSA) is 60.8 Å². The van der Waals surface area contributed by atoms with Crippen LogP contribution in [0.3, 0.4) is 0 Å². The summed E-state index contributed by atoms with van der Waals surface area (Å²) in [6.07, 6.45) is 15.6. The molecule has 1 rings (SSSR count). The van der Waals surface area contributed by atoms with Crippen LogP contribution in [-0.2, 0) is 0 Å². The van der Waals surface area contributed by atoms with Crippen molar-refractivity contribution in [3.05, 3.63) is 0 Å². The minimum atomic E-state index is -0.217. The second kappa shape index (κ2) is 13.9. The predicted molar refractivity (Wildman–Crippen MR) is 115 cm³/mol. The second-order valence-electron chi connectivity index (χ2n) is 8.00. The number of nitrogens with one attached hydrogen (secondary N) is 3. The summed E-state index contributed by atoms with van der Waals surface area (Å²) in [6, 6.07) is 0. The van der Waals surface area contributed by atoms with Crippen LogP contribution < -0.4 is 16.0 Å². The van der Waals surface area contributed by atoms with Gasteiger partial charge >= 0.3 is 0 Å². The molecule has 0 radical (unpaired) electrons. The molecule has 1 saturated heterocycles. The Hall–Kier alpha value is -1.26. The van der Waals surface area contributed by atoms with Crippen LogP contribution in [0.25, 0.3) is 0 Å². The van der Waals surface area contributed by atoms with E-state index in [9.17, 15) is 0 Å². The van der Waals surface area contributed by atoms with Gasteiger partial charge in [-0.05, 0) is 26.7 Å². The average Bonchev–Trinajstić information content (AvgIpc) is 2.59. The van der Waals surface area contributed by atoms with Crippen molar-refractivity contribution in [3.8, 4) is 0 Å². The zero-order chi connectivity index (χ0) is 19.1. The van der Waals surface area contributed by atoms with Crippen molar-refractivity contribution in [2.24, 2.45) is 9.98 Å². The van der Waals surface area contributed by atoms with E-state index in [1.165, 1.54) is 64.2 Å². The fourth-order valence-corrected chi connectivity index (χ4v) is 3.12. The first-order chi connectivity index (χ1) is 12.6. The molecule has 1 heterocycles. The number of guanidine groups is 2. The van der Waals surface area contributed by atoms with Crippen LogP contribution in [0.4, 0.5) is 0 Å². The van der Waals surface area contributed by atoms with Gasteiger partial charge in [-0.1, -0.05) is 78.1 Å². The Kier molecular flexibility index (Phi) is 12.2. The van der Waals surface area contributed by atoms with Gasteiger partial charge in [0.2, 0.25) is 0 Å². The van der Waals surface area contributed by atoms with Gasteiger partial charge in [0.1, 0.15) is 5.66 Å². The van der Waals surface area contributed by atoms with Gasteiger partial charge in [-0.25, -0.2) is 0 Å². The standard InChI is InChI=1S/C21H43N5/c1-5-7-9-11-13-15-17-22-19-24-20(26-21(3,4)25-19)23-18-16-14-12-10-8-6-2/h5-18H2,1-4H3,(H3,22,23,24,25,26). The third kappa shape index (κ3) is 11.4. The summed E-state index contributed by atoms with van der Waals surface area (Å²) in [5, 5.41) is 10.1. The quantitative estimate of drug-likeness (QED) is 0.382. The van der Waals surface area contributed by atoms with E-state index in [1.807, 2.05) is 0 Å². The molecule has 1 aliphatic rings. The van der Waals surface area contributed by atoms with Crippen molar-refractivity contribution in [1.82, 2.24) is 16.0 Å². The molecule has 3 N–H and O–H groups in total. The summed E-state index contributed by atoms with van der Waals surface area (Å²) in [5.41, 5.74) is -0.217. The van der Waals surface area contributed by atoms with E-state index in [-0.39, 0.29) is 5.66 Å². The second-order valence-corrected chi connectivity index (χ2v) is 8.00. The maximum Gasteiger partial charge on any atom is 0.199 e. The van der Waals surface area contributed by atoms with E-state index in [4.69, 9.17) is 9.98 Å². The summed E-state index contributed by atoms with van der Waals surface area (Å²) in [7, 11) is 0. The molecule has 0 atom stereocenters. The first-order valence-electron chi connectivity index (χ1n) is 11.0. The van der Waals surface area contributed by atoms with Crippen LogP contribution in [-0.4, -0.2) is 30.7 Å². The lowest BCUT2D eigenvalue weighted by Crippen LogP contribution is -2.68. The molecule has 5 heteroatoms. The summed E-state index contributed by atoms with van der Waals surface area (Å²) in [5.74, 6) is 1.70. The highest BCUT2D eigenvalue weighted by atomic mass is 15.4. The minimum Gasteiger partial charge on any atom is -0.334 e. The van der Waals surface area contributed by atoms with Gasteiger partial charge in [0.05, 0.1) is 0 Å². The molecule has 152 valence electrons. The molecule has 0 aromatic carbocycles. The van der Waals surface area contributed by atoms with Gasteiger partial charge < -0.3 is 10.6 Å². The number of hydrogen-bond acceptors (Lipinski definition) is 2. The average molecular weight is 366 g/mol. The van der Waals surface area contributed by atoms with Gasteiger partial charge in [-0.15, -0.1) is 0 Å². The molecular weight excluding hydrogens is 322 g/mol. The molecule has 1 aliphatic heterocycles. The highest BCUT2D eigenvalue weighted by molar-refractivity contribution is 6.01. The lowest BCUT2D eigenvalue weighted by molar-refractivity contribution is 0.403. The molecule has 26 heavy (non-hydrogen) atoms. The maximum absolute atomic E-state index is 4.70. The van der Waals surface area contributed by atoms with E-state index in [0.717, 1.165) is 37.9 Å². The monoisotopic (exact) mass is 365 g/mol. The van der Waals surface area contributed by atoms with Crippen LogP contribution >= 0.6 is 0 Å². The number of unbranched alkanes of at least 4 members (excludes halogenated alkanes) is 10. The smallest absolute Gasteiger partial charge is 0.199 e. The minimum absolute atomic E-state index is 0.217. The Balaban J connectivity index is 2.30. The van der Waals surface area contributed by atoms with Crippen molar-refractivity contribution < 1.29 is 0 Å². The van der Waals surface area contributed by atoms with Crippen LogP contribution in [0.15, 0.2) is 9.98 Å². The fraction of sp³-hybridized carbons (Fsp3) is 0.905. The van der Waals surface area contributed by atoms with E-state index in [0.29, 0.717) is 0 Å². The van der Waals surface area contributed by atoms with Crippen LogP contribution in [0.1, 0.15) is 105 Å². The lowest BCUT2D eigenvalue weighted by Gasteiger charge is -2.36. The Morgan fingerprint density at radius 2 is 1.00 bits per heavy atom. The third-order valence-corrected chi connectivity index (χ3v) is 4.66. The van der Waals surface area contributed by atoms with E-state index in [2.05, 4.69) is 43.6 Å². The zero-order valence-electron chi connectivity index (χ0n) is 17.8. The van der Waals surface area contributed by atoms with Crippen molar-refractivity contribution in [2.45, 2.75) is 110 Å². The van der Waals surface area contributed by atoms with Crippen LogP contribution in [0.5, 0.6) is 0 Å². The van der Waals surface area contributed by atoms with Crippen molar-refractivity contribution in [2.75, 3.05) is 13.1 Å². The summed E-state index contributed by atoms with van der Waals surface area (Å²) in [6.45, 7) is 10.5. The highest BCUT2D eigenvalue weighted by Gasteiger charge is 2.26. The molecule has 0 saturated carbocycles. The van der Waals surface area contributed by atoms with Gasteiger partial charge in [0.25, 0.3) is 0 Å². The molecule has 1 fully saturated rings. The SMILES string of the molecule is CCCCCCCCN=C1NC(=NCCCCCCCC)NC(C)(C)N1. The normalized spacial score (nSPS) is 19.2. The molecular formula is C21H43N5. The third-order valence-electron chi connectivity index (χ3n) is 4.66. The molecule has 0 bridgehead atoms. The maximum atomic E-state index is 4.70. The van der Waals surface area contributed by atoms with E-state index < -0.39 is 0 Å². The number of aliphatic imine (C=N–C) groups is 2. The summed E-state index contributed by atoms with van der Waals surface area (Å²) < 4.78 is 0. The first kappa shape index (κ1) is 22.8. The Labute approximate surface area is 161 Å². The lowest BCUT2D eigenvalue weighted by atomic mass is 10.1. The van der Waals surface area contributed by atoms with E-state index >= 15 is 0 Å². The van der Waals surface area contributed by atoms with Gasteiger partial charge in [0, 0.05) is 13.1 Å².